The molecule has 0 radical (unpaired) electrons. The van der Waals surface area contributed by atoms with Crippen LogP contribution in [0.1, 0.15) is 29.8 Å². The lowest BCUT2D eigenvalue weighted by Crippen LogP contribution is -2.22. The minimum Gasteiger partial charge on any atom is -0.463 e. The molecule has 27 heavy (non-hydrogen) atoms. The molecule has 1 amide bonds. The van der Waals surface area contributed by atoms with Crippen molar-refractivity contribution in [3.8, 4) is 11.5 Å². The molecule has 10 heteroatoms. The maximum absolute atomic E-state index is 13.2. The van der Waals surface area contributed by atoms with Gasteiger partial charge in [-0.2, -0.15) is 23.4 Å². The Hall–Kier alpha value is -3.04. The van der Waals surface area contributed by atoms with E-state index in [0.717, 1.165) is 11.1 Å². The molecule has 142 valence electrons. The molecule has 3 aromatic heterocycles. The average Bonchev–Trinajstić information content (AvgIpc) is 3.33. The van der Waals surface area contributed by atoms with Crippen molar-refractivity contribution in [3.05, 3.63) is 41.4 Å². The number of rotatable bonds is 4. The van der Waals surface area contributed by atoms with E-state index < -0.39 is 17.8 Å². The van der Waals surface area contributed by atoms with E-state index in [0.29, 0.717) is 36.4 Å². The third-order valence-electron chi connectivity index (χ3n) is 4.45. The zero-order valence-electron chi connectivity index (χ0n) is 14.1. The number of nitrogens with zero attached hydrogens (tertiary/aromatic N) is 3. The Balaban J connectivity index is 1.51. The Morgan fingerprint density at radius 3 is 2.89 bits per heavy atom. The number of carbonyl (C=O) groups is 1. The first kappa shape index (κ1) is 17.4. The molecular weight excluding hydrogens is 363 g/mol. The van der Waals surface area contributed by atoms with E-state index in [1.165, 1.54) is 6.26 Å². The topological polar surface area (TPSA) is 88.7 Å². The highest BCUT2D eigenvalue weighted by molar-refractivity contribution is 5.90. The zero-order chi connectivity index (χ0) is 19.0. The van der Waals surface area contributed by atoms with Crippen molar-refractivity contribution in [1.82, 2.24) is 20.0 Å². The lowest BCUT2D eigenvalue weighted by molar-refractivity contribution is -0.142. The maximum Gasteiger partial charge on any atom is 0.435 e. The van der Waals surface area contributed by atoms with Crippen LogP contribution in [0.5, 0.6) is 0 Å². The number of fused-ring (bicyclic) bond motifs is 1. The van der Waals surface area contributed by atoms with Crippen LogP contribution in [0.3, 0.4) is 0 Å². The Labute approximate surface area is 151 Å². The number of H-pyrrole nitrogens is 1. The number of nitrogens with one attached hydrogen (secondary N) is 2. The van der Waals surface area contributed by atoms with Crippen molar-refractivity contribution in [2.75, 3.05) is 5.32 Å². The van der Waals surface area contributed by atoms with Crippen LogP contribution in [0.15, 0.2) is 28.9 Å². The van der Waals surface area contributed by atoms with Gasteiger partial charge in [-0.1, -0.05) is 0 Å². The van der Waals surface area contributed by atoms with Gasteiger partial charge in [-0.25, -0.2) is 0 Å². The fourth-order valence-corrected chi connectivity index (χ4v) is 3.29. The second kappa shape index (κ2) is 6.60. The van der Waals surface area contributed by atoms with E-state index in [2.05, 4.69) is 20.6 Å². The third-order valence-corrected chi connectivity index (χ3v) is 4.45. The van der Waals surface area contributed by atoms with Crippen LogP contribution < -0.4 is 5.32 Å². The van der Waals surface area contributed by atoms with E-state index in [4.69, 9.17) is 4.42 Å². The molecular formula is C17H16F3N5O2. The third kappa shape index (κ3) is 3.46. The molecule has 0 unspecified atom stereocenters. The van der Waals surface area contributed by atoms with Crippen molar-refractivity contribution in [2.24, 2.45) is 0 Å². The number of hydrogen-bond acceptors (Lipinski definition) is 4. The fourth-order valence-electron chi connectivity index (χ4n) is 3.29. The SMILES string of the molecule is O=C(Cn1nc(C(F)(F)F)c2c1CCCC2)Nc1cc(-c2ccco2)[nH]n1. The highest BCUT2D eigenvalue weighted by Crippen LogP contribution is 2.35. The number of alkyl halides is 3. The summed E-state index contributed by atoms with van der Waals surface area (Å²) in [6.07, 6.45) is -0.731. The molecule has 0 atom stereocenters. The fraction of sp³-hybridized carbons (Fsp3) is 0.353. The van der Waals surface area contributed by atoms with Gasteiger partial charge in [0, 0.05) is 17.3 Å². The minimum absolute atomic E-state index is 0.210. The first-order valence-corrected chi connectivity index (χ1v) is 8.46. The van der Waals surface area contributed by atoms with Crippen LogP contribution in [-0.4, -0.2) is 25.9 Å². The summed E-state index contributed by atoms with van der Waals surface area (Å²) < 4.78 is 46.0. The number of furan rings is 1. The lowest BCUT2D eigenvalue weighted by Gasteiger charge is -2.14. The standard InChI is InChI=1S/C17H16F3N5O2/c18-17(19,20)16-10-4-1-2-5-12(10)25(24-16)9-15(26)21-14-8-11(22-23-14)13-6-3-7-27-13/h3,6-8H,1-2,4-5,9H2,(H2,21,22,23,26). The van der Waals surface area contributed by atoms with Crippen molar-refractivity contribution in [2.45, 2.75) is 38.4 Å². The average molecular weight is 379 g/mol. The van der Waals surface area contributed by atoms with Crippen LogP contribution in [0, 0.1) is 0 Å². The quantitative estimate of drug-likeness (QED) is 0.727. The van der Waals surface area contributed by atoms with Crippen LogP contribution >= 0.6 is 0 Å². The van der Waals surface area contributed by atoms with Gasteiger partial charge in [-0.05, 0) is 37.8 Å². The first-order valence-electron chi connectivity index (χ1n) is 8.46. The first-order chi connectivity index (χ1) is 12.9. The van der Waals surface area contributed by atoms with Gasteiger partial charge in [0.15, 0.2) is 17.3 Å². The van der Waals surface area contributed by atoms with Gasteiger partial charge in [0.2, 0.25) is 5.91 Å². The summed E-state index contributed by atoms with van der Waals surface area (Å²) in [6, 6.07) is 5.03. The summed E-state index contributed by atoms with van der Waals surface area (Å²) in [6.45, 7) is -0.304. The van der Waals surface area contributed by atoms with Crippen molar-refractivity contribution in [1.29, 1.82) is 0 Å². The van der Waals surface area contributed by atoms with Gasteiger partial charge in [0.05, 0.1) is 6.26 Å². The smallest absolute Gasteiger partial charge is 0.435 e. The molecule has 0 fully saturated rings. The largest absolute Gasteiger partial charge is 0.463 e. The predicted octanol–water partition coefficient (Wildman–Crippen LogP) is 3.40. The second-order valence-electron chi connectivity index (χ2n) is 6.33. The highest BCUT2D eigenvalue weighted by atomic mass is 19.4. The molecule has 0 aromatic carbocycles. The number of amides is 1. The molecule has 3 heterocycles. The lowest BCUT2D eigenvalue weighted by atomic mass is 9.95. The number of aromatic amines is 1. The summed E-state index contributed by atoms with van der Waals surface area (Å²) in [5.74, 6) is 0.305. The minimum atomic E-state index is -4.52. The normalized spacial score (nSPS) is 14.2. The summed E-state index contributed by atoms with van der Waals surface area (Å²) in [4.78, 5) is 12.3. The van der Waals surface area contributed by atoms with Gasteiger partial charge in [0.25, 0.3) is 0 Å². The molecule has 3 aromatic rings. The number of anilines is 1. The molecule has 1 aliphatic rings. The highest BCUT2D eigenvalue weighted by Gasteiger charge is 2.39. The van der Waals surface area contributed by atoms with Gasteiger partial charge >= 0.3 is 6.18 Å². The molecule has 4 rings (SSSR count). The van der Waals surface area contributed by atoms with E-state index in [1.54, 1.807) is 18.2 Å². The molecule has 7 nitrogen and oxygen atoms in total. The van der Waals surface area contributed by atoms with E-state index in [-0.39, 0.29) is 17.9 Å². The van der Waals surface area contributed by atoms with Crippen LogP contribution in [-0.2, 0) is 30.4 Å². The number of hydrogen-bond donors (Lipinski definition) is 2. The van der Waals surface area contributed by atoms with E-state index in [1.807, 2.05) is 0 Å². The Bertz CT molecular complexity index is 956. The maximum atomic E-state index is 13.2. The zero-order valence-corrected chi connectivity index (χ0v) is 14.1. The molecule has 0 aliphatic heterocycles. The summed E-state index contributed by atoms with van der Waals surface area (Å²) in [5, 5.41) is 12.9. The molecule has 0 saturated carbocycles. The Morgan fingerprint density at radius 1 is 1.33 bits per heavy atom. The van der Waals surface area contributed by atoms with Crippen LogP contribution in [0.4, 0.5) is 19.0 Å². The Morgan fingerprint density at radius 2 is 2.15 bits per heavy atom. The second-order valence-corrected chi connectivity index (χ2v) is 6.33. The molecule has 2 N–H and O–H groups in total. The number of carbonyl (C=O) groups excluding carboxylic acids is 1. The van der Waals surface area contributed by atoms with Gasteiger partial charge in [-0.15, -0.1) is 0 Å². The van der Waals surface area contributed by atoms with Gasteiger partial charge < -0.3 is 9.73 Å². The summed E-state index contributed by atoms with van der Waals surface area (Å²) in [5.41, 5.74) is 0.388. The van der Waals surface area contributed by atoms with Crippen molar-refractivity contribution in [3.63, 3.8) is 0 Å². The van der Waals surface area contributed by atoms with Gasteiger partial charge in [0.1, 0.15) is 12.2 Å². The molecule has 0 spiro atoms. The number of aromatic nitrogens is 4. The summed E-state index contributed by atoms with van der Waals surface area (Å²) >= 11 is 0. The van der Waals surface area contributed by atoms with E-state index >= 15 is 0 Å². The van der Waals surface area contributed by atoms with E-state index in [9.17, 15) is 18.0 Å². The Kier molecular flexibility index (Phi) is 4.25. The molecule has 0 saturated heterocycles. The van der Waals surface area contributed by atoms with Crippen molar-refractivity contribution < 1.29 is 22.4 Å². The molecule has 0 bridgehead atoms. The van der Waals surface area contributed by atoms with Crippen LogP contribution in [0.25, 0.3) is 11.5 Å². The van der Waals surface area contributed by atoms with Crippen molar-refractivity contribution >= 4 is 11.7 Å². The monoisotopic (exact) mass is 379 g/mol. The molecule has 1 aliphatic carbocycles. The van der Waals surface area contributed by atoms with Gasteiger partial charge in [-0.3, -0.25) is 14.6 Å². The van der Waals surface area contributed by atoms with Crippen LogP contribution in [0.2, 0.25) is 0 Å². The predicted molar refractivity (Wildman–Crippen MR) is 88.8 cm³/mol. The summed E-state index contributed by atoms with van der Waals surface area (Å²) in [7, 11) is 0. The number of halogens is 3.